The van der Waals surface area contributed by atoms with Crippen molar-refractivity contribution in [3.8, 4) is 0 Å². The molecule has 1 amide bonds. The first-order valence-corrected chi connectivity index (χ1v) is 32.0. The molecule has 0 aliphatic carbocycles. The van der Waals surface area contributed by atoms with Gasteiger partial charge in [0.25, 0.3) is 0 Å². The number of nitrogens with one attached hydrogen (secondary N) is 1. The second-order valence-electron chi connectivity index (χ2n) is 22.5. The van der Waals surface area contributed by atoms with Crippen molar-refractivity contribution in [3.05, 3.63) is 48.6 Å². The maximum absolute atomic E-state index is 13.2. The summed E-state index contributed by atoms with van der Waals surface area (Å²) in [5.41, 5.74) is 0. The van der Waals surface area contributed by atoms with Gasteiger partial charge in [-0.25, -0.2) is 0 Å². The van der Waals surface area contributed by atoms with Crippen LogP contribution in [0.15, 0.2) is 48.6 Å². The number of allylic oxidation sites excluding steroid dienone is 8. The van der Waals surface area contributed by atoms with Gasteiger partial charge in [0.15, 0.2) is 6.29 Å². The van der Waals surface area contributed by atoms with Crippen LogP contribution in [-0.4, -0.2) is 110 Å². The average molecular weight is 1080 g/mol. The molecule has 76 heavy (non-hydrogen) atoms. The fraction of sp³-hybridized carbons (Fsp3) is 0.862. The van der Waals surface area contributed by atoms with Gasteiger partial charge in [0.05, 0.1) is 25.4 Å². The van der Waals surface area contributed by atoms with Crippen LogP contribution in [0.25, 0.3) is 0 Å². The monoisotopic (exact) mass is 1080 g/mol. The molecule has 1 fully saturated rings. The number of ether oxygens (including phenoxy) is 2. The van der Waals surface area contributed by atoms with Gasteiger partial charge in [0, 0.05) is 0 Å². The van der Waals surface area contributed by atoms with Crippen LogP contribution in [0, 0.1) is 0 Å². The Hall–Kier alpha value is -1.93. The molecule has 1 rings (SSSR count). The number of unbranched alkanes of at least 4 members (excludes halogenated alkanes) is 35. The van der Waals surface area contributed by atoms with E-state index >= 15 is 0 Å². The van der Waals surface area contributed by atoms with Crippen molar-refractivity contribution in [2.24, 2.45) is 0 Å². The van der Waals surface area contributed by atoms with Crippen LogP contribution in [0.1, 0.15) is 290 Å². The minimum Gasteiger partial charge on any atom is -0.394 e. The number of carbonyl (C=O) groups is 1. The zero-order valence-corrected chi connectivity index (χ0v) is 49.0. The second-order valence-corrected chi connectivity index (χ2v) is 22.5. The van der Waals surface area contributed by atoms with Gasteiger partial charge in [-0.1, -0.05) is 249 Å². The number of amides is 1. The van der Waals surface area contributed by atoms with Crippen LogP contribution in [0.3, 0.4) is 0 Å². The Balaban J connectivity index is 2.31. The maximum atomic E-state index is 13.2. The van der Waals surface area contributed by atoms with Crippen LogP contribution in [0.4, 0.5) is 0 Å². The quantitative estimate of drug-likeness (QED) is 0.0215. The molecule has 0 saturated carbocycles. The van der Waals surface area contributed by atoms with Crippen LogP contribution >= 0.6 is 0 Å². The Morgan fingerprint density at radius 3 is 1.17 bits per heavy atom. The molecule has 8 N–H and O–H groups in total. The molecule has 0 radical (unpaired) electrons. The zero-order chi connectivity index (χ0) is 55.4. The standard InChI is InChI=1S/C65H121NO10/c1-3-5-7-9-11-13-15-17-19-21-23-25-27-29-31-32-34-36-38-40-42-44-46-48-50-52-57(68)60(70)56(55-75-65-63(73)62(72)61(71)59(54-67)76-65)66-64(74)58(69)53-51-49-47-45-43-41-39-37-35-33-30-28-26-24-22-20-18-16-14-12-10-8-6-4-2/h29-31,33,36,38,44,46,56-63,65,67-73H,3-28,32,34-35,37,39-43,45,47-55H2,1-2H3,(H,66,74)/b31-29+,33-30-,38-36+,46-44+. The number of hydrogen-bond donors (Lipinski definition) is 8. The van der Waals surface area contributed by atoms with E-state index in [-0.39, 0.29) is 12.8 Å². The summed E-state index contributed by atoms with van der Waals surface area (Å²) in [7, 11) is 0. The summed E-state index contributed by atoms with van der Waals surface area (Å²) in [6.45, 7) is 3.47. The molecule has 0 aromatic heterocycles. The first-order chi connectivity index (χ1) is 37.2. The van der Waals surface area contributed by atoms with E-state index in [2.05, 4.69) is 67.8 Å². The highest BCUT2D eigenvalue weighted by atomic mass is 16.7. The van der Waals surface area contributed by atoms with Crippen molar-refractivity contribution in [2.75, 3.05) is 13.2 Å². The fourth-order valence-electron chi connectivity index (χ4n) is 10.1. The van der Waals surface area contributed by atoms with Crippen LogP contribution in [0.2, 0.25) is 0 Å². The largest absolute Gasteiger partial charge is 0.394 e. The molecule has 11 nitrogen and oxygen atoms in total. The normalized spacial score (nSPS) is 19.9. The highest BCUT2D eigenvalue weighted by molar-refractivity contribution is 5.80. The molecule has 446 valence electrons. The molecule has 0 spiro atoms. The molecule has 1 aliphatic rings. The summed E-state index contributed by atoms with van der Waals surface area (Å²) in [6, 6.07) is -1.20. The molecule has 11 heteroatoms. The molecule has 1 heterocycles. The third kappa shape index (κ3) is 41.1. The topological polar surface area (TPSA) is 189 Å². The lowest BCUT2D eigenvalue weighted by atomic mass is 9.98. The van der Waals surface area contributed by atoms with Crippen molar-refractivity contribution in [2.45, 2.75) is 345 Å². The van der Waals surface area contributed by atoms with E-state index in [1.807, 2.05) is 0 Å². The molecular formula is C65H121NO10. The van der Waals surface area contributed by atoms with Crippen molar-refractivity contribution in [1.82, 2.24) is 5.32 Å². The molecule has 0 aromatic carbocycles. The Bertz CT molecular complexity index is 1370. The van der Waals surface area contributed by atoms with E-state index in [1.54, 1.807) is 0 Å². The average Bonchev–Trinajstić information content (AvgIpc) is 3.42. The molecule has 1 saturated heterocycles. The summed E-state index contributed by atoms with van der Waals surface area (Å²) in [4.78, 5) is 13.2. The highest BCUT2D eigenvalue weighted by Gasteiger charge is 2.44. The number of carbonyl (C=O) groups excluding carboxylic acids is 1. The predicted octanol–water partition coefficient (Wildman–Crippen LogP) is 14.4. The summed E-state index contributed by atoms with van der Waals surface area (Å²) >= 11 is 0. The van der Waals surface area contributed by atoms with Gasteiger partial charge in [-0.05, 0) is 89.9 Å². The van der Waals surface area contributed by atoms with E-state index in [0.717, 1.165) is 51.4 Å². The van der Waals surface area contributed by atoms with E-state index in [1.165, 1.54) is 193 Å². The molecule has 0 bridgehead atoms. The van der Waals surface area contributed by atoms with Gasteiger partial charge in [-0.3, -0.25) is 4.79 Å². The lowest BCUT2D eigenvalue weighted by Crippen LogP contribution is -2.60. The maximum Gasteiger partial charge on any atom is 0.249 e. The number of aliphatic hydroxyl groups is 7. The van der Waals surface area contributed by atoms with Gasteiger partial charge < -0.3 is 50.5 Å². The molecular weight excluding hydrogens is 955 g/mol. The van der Waals surface area contributed by atoms with Crippen molar-refractivity contribution >= 4 is 5.91 Å². The van der Waals surface area contributed by atoms with Crippen molar-refractivity contribution in [3.63, 3.8) is 0 Å². The van der Waals surface area contributed by atoms with Gasteiger partial charge in [0.2, 0.25) is 5.91 Å². The summed E-state index contributed by atoms with van der Waals surface area (Å²) < 4.78 is 11.1. The fourth-order valence-corrected chi connectivity index (χ4v) is 10.1. The molecule has 9 atom stereocenters. The van der Waals surface area contributed by atoms with E-state index in [4.69, 9.17) is 9.47 Å². The van der Waals surface area contributed by atoms with E-state index < -0.39 is 74.2 Å². The second kappa shape index (κ2) is 53.7. The Kier molecular flexibility index (Phi) is 50.9. The Morgan fingerprint density at radius 2 is 0.789 bits per heavy atom. The number of rotatable bonds is 55. The van der Waals surface area contributed by atoms with Crippen molar-refractivity contribution in [1.29, 1.82) is 0 Å². The third-order valence-electron chi connectivity index (χ3n) is 15.3. The van der Waals surface area contributed by atoms with Gasteiger partial charge in [-0.2, -0.15) is 0 Å². The summed E-state index contributed by atoms with van der Waals surface area (Å²) in [5, 5.41) is 76.3. The van der Waals surface area contributed by atoms with E-state index in [9.17, 15) is 40.5 Å². The first kappa shape index (κ1) is 72.1. The molecule has 9 unspecified atom stereocenters. The van der Waals surface area contributed by atoms with Gasteiger partial charge in [-0.15, -0.1) is 0 Å². The van der Waals surface area contributed by atoms with Crippen LogP contribution in [-0.2, 0) is 14.3 Å². The predicted molar refractivity (Wildman–Crippen MR) is 316 cm³/mol. The smallest absolute Gasteiger partial charge is 0.249 e. The SMILES string of the molecule is CCCCCCCCCCCCCC/C=C\CCCCCCCCCCC(O)C(=O)NC(COC1OC(CO)C(O)C(O)C1O)C(O)C(O)CCC/C=C/CC/C=C/CC/C=C/CCCCCCCCCCCCCC. The van der Waals surface area contributed by atoms with Crippen LogP contribution in [0.5, 0.6) is 0 Å². The zero-order valence-electron chi connectivity index (χ0n) is 49.0. The molecule has 0 aromatic rings. The van der Waals surface area contributed by atoms with Gasteiger partial charge >= 0.3 is 0 Å². The minimum absolute atomic E-state index is 0.240. The van der Waals surface area contributed by atoms with Crippen molar-refractivity contribution < 1.29 is 50.0 Å². The highest BCUT2D eigenvalue weighted by Crippen LogP contribution is 2.23. The first-order valence-electron chi connectivity index (χ1n) is 32.0. The summed E-state index contributed by atoms with van der Waals surface area (Å²) in [5.74, 6) is -0.713. The van der Waals surface area contributed by atoms with Gasteiger partial charge in [0.1, 0.15) is 36.6 Å². The lowest BCUT2D eigenvalue weighted by molar-refractivity contribution is -0.303. The van der Waals surface area contributed by atoms with E-state index in [0.29, 0.717) is 19.3 Å². The Labute approximate surface area is 466 Å². The van der Waals surface area contributed by atoms with Crippen LogP contribution < -0.4 is 5.32 Å². The lowest BCUT2D eigenvalue weighted by Gasteiger charge is -2.40. The summed E-state index contributed by atoms with van der Waals surface area (Å²) in [6.07, 6.45) is 57.5. The number of aliphatic hydroxyl groups excluding tert-OH is 7. The minimum atomic E-state index is -1.68. The third-order valence-corrected chi connectivity index (χ3v) is 15.3. The molecule has 1 aliphatic heterocycles. The Morgan fingerprint density at radius 1 is 0.447 bits per heavy atom. The number of hydrogen-bond acceptors (Lipinski definition) is 10.